The van der Waals surface area contributed by atoms with Crippen molar-refractivity contribution in [2.75, 3.05) is 20.1 Å². The van der Waals surface area contributed by atoms with E-state index in [0.29, 0.717) is 13.1 Å². The van der Waals surface area contributed by atoms with Crippen molar-refractivity contribution in [2.24, 2.45) is 5.92 Å². The lowest BCUT2D eigenvalue weighted by Crippen LogP contribution is -2.42. The molecule has 1 saturated heterocycles. The Bertz CT molecular complexity index is 423. The van der Waals surface area contributed by atoms with Gasteiger partial charge in [-0.05, 0) is 25.0 Å². The number of carbonyl (C=O) groups is 2. The van der Waals surface area contributed by atoms with E-state index in [2.05, 4.69) is 5.32 Å². The predicted octanol–water partition coefficient (Wildman–Crippen LogP) is 1.28. The number of hydrogen-bond acceptors (Lipinski definition) is 2. The van der Waals surface area contributed by atoms with Crippen molar-refractivity contribution >= 4 is 11.8 Å². The average molecular weight is 246 g/mol. The first kappa shape index (κ1) is 12.6. The Hall–Kier alpha value is -1.84. The molecule has 2 rings (SSSR count). The molecule has 18 heavy (non-hydrogen) atoms. The van der Waals surface area contributed by atoms with E-state index in [1.165, 1.54) is 0 Å². The average Bonchev–Trinajstić information content (AvgIpc) is 2.47. The van der Waals surface area contributed by atoms with Crippen molar-refractivity contribution in [1.82, 2.24) is 10.2 Å². The van der Waals surface area contributed by atoms with Crippen molar-refractivity contribution in [2.45, 2.75) is 12.8 Å². The highest BCUT2D eigenvalue weighted by atomic mass is 16.2. The number of nitrogens with zero attached hydrogens (tertiary/aromatic N) is 1. The number of piperidine rings is 1. The second kappa shape index (κ2) is 5.67. The fraction of sp³-hybridized carbons (Fsp3) is 0.429. The molecule has 1 N–H and O–H groups in total. The summed E-state index contributed by atoms with van der Waals surface area (Å²) in [6.45, 7) is 1.32. The SMILES string of the molecule is CNC(=O)C1CCN(C(=O)c2ccccc2)CC1. The largest absolute Gasteiger partial charge is 0.359 e. The molecule has 0 spiro atoms. The molecule has 0 aliphatic carbocycles. The summed E-state index contributed by atoms with van der Waals surface area (Å²) < 4.78 is 0. The Kier molecular flexibility index (Phi) is 3.97. The van der Waals surface area contributed by atoms with Gasteiger partial charge < -0.3 is 10.2 Å². The van der Waals surface area contributed by atoms with Crippen LogP contribution in [0.2, 0.25) is 0 Å². The smallest absolute Gasteiger partial charge is 0.253 e. The Morgan fingerprint density at radius 3 is 2.33 bits per heavy atom. The van der Waals surface area contributed by atoms with E-state index in [1.807, 2.05) is 35.2 Å². The molecule has 0 saturated carbocycles. The standard InChI is InChI=1S/C14H18N2O2/c1-15-13(17)11-7-9-16(10-8-11)14(18)12-5-3-2-4-6-12/h2-6,11H,7-10H2,1H3,(H,15,17). The Balaban J connectivity index is 1.94. The van der Waals surface area contributed by atoms with Crippen LogP contribution in [0.3, 0.4) is 0 Å². The second-order valence-corrected chi connectivity index (χ2v) is 4.55. The number of hydrogen-bond donors (Lipinski definition) is 1. The molecule has 4 nitrogen and oxygen atoms in total. The summed E-state index contributed by atoms with van der Waals surface area (Å²) in [4.78, 5) is 25.5. The minimum Gasteiger partial charge on any atom is -0.359 e. The maximum absolute atomic E-state index is 12.2. The van der Waals surface area contributed by atoms with Crippen LogP contribution in [0.5, 0.6) is 0 Å². The highest BCUT2D eigenvalue weighted by Gasteiger charge is 2.26. The van der Waals surface area contributed by atoms with Gasteiger partial charge in [-0.3, -0.25) is 9.59 Å². The van der Waals surface area contributed by atoms with Crippen molar-refractivity contribution in [3.05, 3.63) is 35.9 Å². The van der Waals surface area contributed by atoms with Crippen molar-refractivity contribution < 1.29 is 9.59 Å². The molecule has 1 aromatic carbocycles. The highest BCUT2D eigenvalue weighted by Crippen LogP contribution is 2.19. The van der Waals surface area contributed by atoms with Crippen LogP contribution >= 0.6 is 0 Å². The molecule has 0 aromatic heterocycles. The van der Waals surface area contributed by atoms with Crippen LogP contribution < -0.4 is 5.32 Å². The number of nitrogens with one attached hydrogen (secondary N) is 1. The maximum Gasteiger partial charge on any atom is 0.253 e. The molecule has 1 aliphatic rings. The van der Waals surface area contributed by atoms with E-state index < -0.39 is 0 Å². The van der Waals surface area contributed by atoms with Gasteiger partial charge >= 0.3 is 0 Å². The molecular weight excluding hydrogens is 228 g/mol. The van der Waals surface area contributed by atoms with Crippen LogP contribution in [0.4, 0.5) is 0 Å². The Labute approximate surface area is 107 Å². The number of benzene rings is 1. The van der Waals surface area contributed by atoms with Crippen LogP contribution in [0.1, 0.15) is 23.2 Å². The molecule has 0 radical (unpaired) electrons. The Morgan fingerprint density at radius 2 is 1.78 bits per heavy atom. The van der Waals surface area contributed by atoms with Gasteiger partial charge in [0.05, 0.1) is 0 Å². The summed E-state index contributed by atoms with van der Waals surface area (Å²) >= 11 is 0. The highest BCUT2D eigenvalue weighted by molar-refractivity contribution is 5.94. The van der Waals surface area contributed by atoms with Gasteiger partial charge in [0, 0.05) is 31.6 Å². The van der Waals surface area contributed by atoms with Gasteiger partial charge in [-0.1, -0.05) is 18.2 Å². The molecule has 4 heteroatoms. The van der Waals surface area contributed by atoms with Gasteiger partial charge in [0.1, 0.15) is 0 Å². The molecular formula is C14H18N2O2. The molecule has 2 amide bonds. The van der Waals surface area contributed by atoms with Gasteiger partial charge in [0.15, 0.2) is 0 Å². The quantitative estimate of drug-likeness (QED) is 0.854. The summed E-state index contributed by atoms with van der Waals surface area (Å²) in [5.41, 5.74) is 0.718. The third-order valence-corrected chi connectivity index (χ3v) is 3.42. The fourth-order valence-corrected chi connectivity index (χ4v) is 2.31. The van der Waals surface area contributed by atoms with Crippen molar-refractivity contribution in [3.8, 4) is 0 Å². The zero-order chi connectivity index (χ0) is 13.0. The molecule has 1 fully saturated rings. The van der Waals surface area contributed by atoms with E-state index in [1.54, 1.807) is 7.05 Å². The minimum absolute atomic E-state index is 0.0508. The van der Waals surface area contributed by atoms with Crippen LogP contribution in [-0.4, -0.2) is 36.9 Å². The van der Waals surface area contributed by atoms with Crippen molar-refractivity contribution in [3.63, 3.8) is 0 Å². The third kappa shape index (κ3) is 2.70. The third-order valence-electron chi connectivity index (χ3n) is 3.42. The van der Waals surface area contributed by atoms with Crippen LogP contribution in [0.15, 0.2) is 30.3 Å². The molecule has 96 valence electrons. The zero-order valence-electron chi connectivity index (χ0n) is 10.6. The zero-order valence-corrected chi connectivity index (χ0v) is 10.6. The van der Waals surface area contributed by atoms with Crippen LogP contribution in [-0.2, 0) is 4.79 Å². The van der Waals surface area contributed by atoms with E-state index in [-0.39, 0.29) is 17.7 Å². The van der Waals surface area contributed by atoms with Crippen molar-refractivity contribution in [1.29, 1.82) is 0 Å². The second-order valence-electron chi connectivity index (χ2n) is 4.55. The first-order valence-electron chi connectivity index (χ1n) is 6.28. The molecule has 1 aromatic rings. The first-order valence-corrected chi connectivity index (χ1v) is 6.28. The predicted molar refractivity (Wildman–Crippen MR) is 69.1 cm³/mol. The van der Waals surface area contributed by atoms with Gasteiger partial charge in [-0.25, -0.2) is 0 Å². The summed E-state index contributed by atoms with van der Waals surface area (Å²) in [5, 5.41) is 2.67. The molecule has 0 atom stereocenters. The lowest BCUT2D eigenvalue weighted by atomic mass is 9.95. The summed E-state index contributed by atoms with van der Waals surface area (Å²) in [6, 6.07) is 9.28. The number of amides is 2. The summed E-state index contributed by atoms with van der Waals surface area (Å²) in [5.74, 6) is 0.197. The summed E-state index contributed by atoms with van der Waals surface area (Å²) in [7, 11) is 1.66. The fourth-order valence-electron chi connectivity index (χ4n) is 2.31. The molecule has 1 aliphatic heterocycles. The lowest BCUT2D eigenvalue weighted by molar-refractivity contribution is -0.125. The number of likely N-dealkylation sites (tertiary alicyclic amines) is 1. The number of carbonyl (C=O) groups excluding carboxylic acids is 2. The normalized spacial score (nSPS) is 16.4. The van der Waals surface area contributed by atoms with E-state index in [0.717, 1.165) is 18.4 Å². The molecule has 0 bridgehead atoms. The molecule has 1 heterocycles. The lowest BCUT2D eigenvalue weighted by Gasteiger charge is -2.31. The maximum atomic E-state index is 12.2. The van der Waals surface area contributed by atoms with Gasteiger partial charge in [-0.15, -0.1) is 0 Å². The van der Waals surface area contributed by atoms with Crippen LogP contribution in [0, 0.1) is 5.92 Å². The van der Waals surface area contributed by atoms with Gasteiger partial charge in [0.2, 0.25) is 5.91 Å². The monoisotopic (exact) mass is 246 g/mol. The minimum atomic E-state index is 0.0508. The Morgan fingerprint density at radius 1 is 1.17 bits per heavy atom. The topological polar surface area (TPSA) is 49.4 Å². The van der Waals surface area contributed by atoms with E-state index >= 15 is 0 Å². The van der Waals surface area contributed by atoms with Gasteiger partial charge in [-0.2, -0.15) is 0 Å². The molecule has 0 unspecified atom stereocenters. The van der Waals surface area contributed by atoms with Crippen LogP contribution in [0.25, 0.3) is 0 Å². The number of rotatable bonds is 2. The van der Waals surface area contributed by atoms with E-state index in [4.69, 9.17) is 0 Å². The van der Waals surface area contributed by atoms with Gasteiger partial charge in [0.25, 0.3) is 5.91 Å². The first-order chi connectivity index (χ1) is 8.72. The summed E-state index contributed by atoms with van der Waals surface area (Å²) in [6.07, 6.45) is 1.50. The van der Waals surface area contributed by atoms with E-state index in [9.17, 15) is 9.59 Å².